The third-order valence-corrected chi connectivity index (χ3v) is 8.78. The zero-order chi connectivity index (χ0) is 22.3. The molecule has 1 N–H and O–H groups in total. The van der Waals surface area contributed by atoms with Gasteiger partial charge in [0, 0.05) is 12.2 Å². The molecule has 0 atom stereocenters. The number of alkyl halides is 3. The van der Waals surface area contributed by atoms with Crippen LogP contribution in [0.25, 0.3) is 0 Å². The van der Waals surface area contributed by atoms with Gasteiger partial charge >= 0.3 is 6.18 Å². The summed E-state index contributed by atoms with van der Waals surface area (Å²) in [5.41, 5.74) is -0.311. The molecular formula is C21H22ClF4NO2S. The Morgan fingerprint density at radius 2 is 1.77 bits per heavy atom. The van der Waals surface area contributed by atoms with Crippen molar-refractivity contribution >= 4 is 27.1 Å². The molecule has 2 aromatic carbocycles. The maximum Gasteiger partial charge on any atom is 0.416 e. The highest BCUT2D eigenvalue weighted by Gasteiger charge is 2.48. The van der Waals surface area contributed by atoms with Gasteiger partial charge in [0.2, 0.25) is 0 Å². The van der Waals surface area contributed by atoms with Gasteiger partial charge in [-0.2, -0.15) is 13.2 Å². The third-order valence-electron chi connectivity index (χ3n) is 5.90. The van der Waals surface area contributed by atoms with Crippen LogP contribution >= 0.6 is 11.6 Å². The van der Waals surface area contributed by atoms with Crippen LogP contribution in [0, 0.1) is 17.7 Å². The van der Waals surface area contributed by atoms with Crippen LogP contribution in [0.3, 0.4) is 0 Å². The molecule has 2 aromatic rings. The van der Waals surface area contributed by atoms with Gasteiger partial charge in [-0.1, -0.05) is 17.7 Å². The van der Waals surface area contributed by atoms with Gasteiger partial charge in [-0.3, -0.25) is 0 Å². The van der Waals surface area contributed by atoms with E-state index >= 15 is 0 Å². The van der Waals surface area contributed by atoms with Crippen LogP contribution in [0.2, 0.25) is 5.02 Å². The maximum atomic E-state index is 13.2. The third kappa shape index (κ3) is 4.44. The Bertz CT molecular complexity index is 1030. The monoisotopic (exact) mass is 463 g/mol. The first-order valence-corrected chi connectivity index (χ1v) is 11.3. The van der Waals surface area contributed by atoms with Crippen molar-refractivity contribution in [3.05, 3.63) is 58.9 Å². The lowest BCUT2D eigenvalue weighted by atomic mass is 9.69. The highest BCUT2D eigenvalue weighted by Crippen LogP contribution is 2.46. The van der Waals surface area contributed by atoms with Gasteiger partial charge in [0.25, 0.3) is 0 Å². The molecule has 164 valence electrons. The molecule has 0 heterocycles. The van der Waals surface area contributed by atoms with Crippen LogP contribution in [0.15, 0.2) is 47.4 Å². The predicted molar refractivity (Wildman–Crippen MR) is 109 cm³/mol. The first-order chi connectivity index (χ1) is 13.8. The summed E-state index contributed by atoms with van der Waals surface area (Å²) in [6, 6.07) is 8.20. The highest BCUT2D eigenvalue weighted by molar-refractivity contribution is 7.92. The summed E-state index contributed by atoms with van der Waals surface area (Å²) in [7, 11) is -3.96. The minimum absolute atomic E-state index is 0.0137. The number of rotatable bonds is 6. The van der Waals surface area contributed by atoms with Crippen LogP contribution < -0.4 is 5.32 Å². The fraction of sp³-hybridized carbons (Fsp3) is 0.429. The Hall–Kier alpha value is -1.80. The molecule has 1 aliphatic rings. The minimum atomic E-state index is -4.61. The molecule has 0 aliphatic heterocycles. The summed E-state index contributed by atoms with van der Waals surface area (Å²) >= 11 is 5.76. The molecule has 0 saturated heterocycles. The van der Waals surface area contributed by atoms with Crippen LogP contribution in [0.4, 0.5) is 23.2 Å². The SMILES string of the molecule is CC(C)([C@H]1C[C@@H](CNc2ccc(F)c(Cl)c2)C1)S(=O)(=O)c1cccc(C(F)(F)F)c1. The second-order valence-corrected chi connectivity index (χ2v) is 11.1. The van der Waals surface area contributed by atoms with E-state index in [1.54, 1.807) is 19.9 Å². The number of nitrogens with one attached hydrogen (secondary N) is 1. The van der Waals surface area contributed by atoms with E-state index in [1.807, 2.05) is 0 Å². The Morgan fingerprint density at radius 3 is 2.37 bits per heavy atom. The van der Waals surface area contributed by atoms with Crippen molar-refractivity contribution in [2.75, 3.05) is 11.9 Å². The summed E-state index contributed by atoms with van der Waals surface area (Å²) in [6.45, 7) is 3.70. The molecule has 30 heavy (non-hydrogen) atoms. The molecular weight excluding hydrogens is 442 g/mol. The summed E-state index contributed by atoms with van der Waals surface area (Å²) in [4.78, 5) is -0.315. The molecule has 0 amide bonds. The number of hydrogen-bond donors (Lipinski definition) is 1. The second-order valence-electron chi connectivity index (χ2n) is 8.18. The fourth-order valence-electron chi connectivity index (χ4n) is 3.70. The molecule has 0 bridgehead atoms. The molecule has 0 unspecified atom stereocenters. The molecule has 3 nitrogen and oxygen atoms in total. The van der Waals surface area contributed by atoms with Crippen molar-refractivity contribution in [1.82, 2.24) is 0 Å². The van der Waals surface area contributed by atoms with E-state index < -0.39 is 32.1 Å². The van der Waals surface area contributed by atoms with E-state index in [1.165, 1.54) is 18.2 Å². The maximum absolute atomic E-state index is 13.2. The Labute approximate surface area is 178 Å². The summed E-state index contributed by atoms with van der Waals surface area (Å²) in [6.07, 6.45) is -3.37. The van der Waals surface area contributed by atoms with Gasteiger partial charge in [-0.25, -0.2) is 12.8 Å². The first-order valence-electron chi connectivity index (χ1n) is 9.43. The smallest absolute Gasteiger partial charge is 0.385 e. The molecule has 0 spiro atoms. The zero-order valence-electron chi connectivity index (χ0n) is 16.4. The van der Waals surface area contributed by atoms with Gasteiger partial charge in [-0.05, 0) is 74.9 Å². The zero-order valence-corrected chi connectivity index (χ0v) is 18.0. The van der Waals surface area contributed by atoms with Crippen LogP contribution in [0.5, 0.6) is 0 Å². The Morgan fingerprint density at radius 1 is 1.10 bits per heavy atom. The number of halogens is 5. The molecule has 0 aromatic heterocycles. The molecule has 0 radical (unpaired) electrons. The van der Waals surface area contributed by atoms with Crippen LogP contribution in [-0.4, -0.2) is 19.7 Å². The number of anilines is 1. The van der Waals surface area contributed by atoms with E-state index in [-0.39, 0.29) is 21.8 Å². The number of benzene rings is 2. The Balaban J connectivity index is 1.66. The highest BCUT2D eigenvalue weighted by atomic mass is 35.5. The summed E-state index contributed by atoms with van der Waals surface area (Å²) in [5.74, 6) is -0.483. The van der Waals surface area contributed by atoms with Crippen LogP contribution in [0.1, 0.15) is 32.3 Å². The van der Waals surface area contributed by atoms with Gasteiger partial charge in [0.1, 0.15) is 5.82 Å². The van der Waals surface area contributed by atoms with Crippen molar-refractivity contribution in [3.63, 3.8) is 0 Å². The summed E-state index contributed by atoms with van der Waals surface area (Å²) in [5, 5.41) is 3.17. The lowest BCUT2D eigenvalue weighted by Gasteiger charge is -2.45. The van der Waals surface area contributed by atoms with E-state index in [0.29, 0.717) is 31.1 Å². The lowest BCUT2D eigenvalue weighted by molar-refractivity contribution is -0.137. The standard InChI is InChI=1S/C21H22ClF4NO2S/c1-20(2,30(28,29)17-5-3-4-14(10-17)21(24,25)26)15-8-13(9-15)12-27-16-6-7-19(23)18(22)11-16/h3-7,10-11,13,15,27H,8-9,12H2,1-2H3/t13-,15+. The van der Waals surface area contributed by atoms with Gasteiger partial charge in [-0.15, -0.1) is 0 Å². The van der Waals surface area contributed by atoms with Crippen molar-refractivity contribution in [3.8, 4) is 0 Å². The summed E-state index contributed by atoms with van der Waals surface area (Å²) < 4.78 is 77.1. The van der Waals surface area contributed by atoms with Crippen molar-refractivity contribution in [1.29, 1.82) is 0 Å². The van der Waals surface area contributed by atoms with Gasteiger partial charge < -0.3 is 5.32 Å². The largest absolute Gasteiger partial charge is 0.416 e. The van der Waals surface area contributed by atoms with Crippen LogP contribution in [-0.2, 0) is 16.0 Å². The van der Waals surface area contributed by atoms with E-state index in [9.17, 15) is 26.0 Å². The van der Waals surface area contributed by atoms with Crippen molar-refractivity contribution in [2.45, 2.75) is 42.5 Å². The van der Waals surface area contributed by atoms with Gasteiger partial charge in [0.05, 0.1) is 20.2 Å². The molecule has 1 aliphatic carbocycles. The fourth-order valence-corrected chi connectivity index (χ4v) is 5.66. The number of hydrogen-bond acceptors (Lipinski definition) is 3. The topological polar surface area (TPSA) is 46.2 Å². The quantitative estimate of drug-likeness (QED) is 0.520. The molecule has 3 rings (SSSR count). The normalized spacial score (nSPS) is 20.0. The first kappa shape index (κ1) is 22.9. The molecule has 9 heteroatoms. The second kappa shape index (κ2) is 8.04. The molecule has 1 saturated carbocycles. The average molecular weight is 464 g/mol. The van der Waals surface area contributed by atoms with E-state index in [0.717, 1.165) is 12.1 Å². The van der Waals surface area contributed by atoms with Crippen molar-refractivity contribution < 1.29 is 26.0 Å². The van der Waals surface area contributed by atoms with E-state index in [4.69, 9.17) is 11.6 Å². The minimum Gasteiger partial charge on any atom is -0.385 e. The van der Waals surface area contributed by atoms with E-state index in [2.05, 4.69) is 5.32 Å². The predicted octanol–water partition coefficient (Wildman–Crippen LogP) is 6.19. The average Bonchev–Trinajstić information content (AvgIpc) is 2.62. The Kier molecular flexibility index (Phi) is 6.13. The van der Waals surface area contributed by atoms with Crippen molar-refractivity contribution in [2.24, 2.45) is 11.8 Å². The van der Waals surface area contributed by atoms with Gasteiger partial charge in [0.15, 0.2) is 9.84 Å². The lowest BCUT2D eigenvalue weighted by Crippen LogP contribution is -2.47. The number of sulfone groups is 1. The molecule has 1 fully saturated rings.